The molecule has 6 atom stereocenters. The van der Waals surface area contributed by atoms with Gasteiger partial charge in [-0.2, -0.15) is 10.2 Å². The summed E-state index contributed by atoms with van der Waals surface area (Å²) in [7, 11) is 0. The van der Waals surface area contributed by atoms with E-state index in [0.29, 0.717) is 56.6 Å². The monoisotopic (exact) mass is 913 g/mol. The molecule has 15 heteroatoms. The number of fused-ring (bicyclic) bond motifs is 2. The van der Waals surface area contributed by atoms with Crippen molar-refractivity contribution in [3.05, 3.63) is 115 Å². The molecule has 0 bridgehead atoms. The van der Waals surface area contributed by atoms with Gasteiger partial charge in [0.05, 0.1) is 53.9 Å². The van der Waals surface area contributed by atoms with Crippen LogP contribution in [-0.2, 0) is 4.79 Å². The third-order valence-corrected chi connectivity index (χ3v) is 14.0. The van der Waals surface area contributed by atoms with Crippen LogP contribution in [0, 0.1) is 25.7 Å². The third kappa shape index (κ3) is 8.81. The second-order valence-corrected chi connectivity index (χ2v) is 18.7. The number of nitrogens with zero attached hydrogens (tertiary/aromatic N) is 9. The van der Waals surface area contributed by atoms with E-state index in [2.05, 4.69) is 34.9 Å². The lowest BCUT2D eigenvalue weighted by molar-refractivity contribution is -0.121. The molecular weight excluding hydrogens is 864 g/mol. The first-order valence-electron chi connectivity index (χ1n) is 21.3. The van der Waals surface area contributed by atoms with Crippen LogP contribution < -0.4 is 0 Å². The van der Waals surface area contributed by atoms with Crippen molar-refractivity contribution in [1.29, 1.82) is 0 Å². The van der Waals surface area contributed by atoms with Crippen LogP contribution in [0.1, 0.15) is 112 Å². The van der Waals surface area contributed by atoms with Gasteiger partial charge in [0.15, 0.2) is 11.3 Å². The average molecular weight is 916 g/mol. The molecule has 0 spiro atoms. The fourth-order valence-electron chi connectivity index (χ4n) is 9.28. The van der Waals surface area contributed by atoms with Crippen LogP contribution in [0.15, 0.2) is 60.9 Å². The second kappa shape index (κ2) is 18.5. The molecule has 0 amide bonds. The summed E-state index contributed by atoms with van der Waals surface area (Å²) in [6.45, 7) is 13.6. The number of carbonyl (C=O) groups is 1. The van der Waals surface area contributed by atoms with Gasteiger partial charge in [-0.15, -0.1) is 0 Å². The highest BCUT2D eigenvalue weighted by atomic mass is 35.5. The Labute approximate surface area is 382 Å². The van der Waals surface area contributed by atoms with Crippen LogP contribution in [0.4, 0.5) is 0 Å². The van der Waals surface area contributed by atoms with Crippen LogP contribution in [0.5, 0.6) is 0 Å². The zero-order valence-electron chi connectivity index (χ0n) is 35.8. The van der Waals surface area contributed by atoms with Crippen LogP contribution in [-0.4, -0.2) is 80.5 Å². The van der Waals surface area contributed by atoms with Crippen molar-refractivity contribution < 1.29 is 9.90 Å². The van der Waals surface area contributed by atoms with E-state index >= 15 is 0 Å². The number of Topliss-reactive ketones (excluding diaryl/α,β-unsaturated/α-hetero) is 1. The standard InChI is InChI=1S/C26H31Cl2N5O.C21H20Cl2N4O/c1-15-11-18(6-9-24(15)32-10-4-5-20(32)14-34)23-13-29-25-16(2)31-33(26(25)30-23)17(3)21-8-7-19(27)12-22(21)28;1-11-8-14(4-7-19(11)28)18-10-24-20-12(2)26-27(21(20)25-18)13(3)16-6-5-15(22)9-17(16)23/h6-8,12-13,15,17,20,24,34H,4-5,9-11,14H2,1-3H3;4-6,9-11,13H,7-8H2,1-3H3/t15?,17-,20+,24?;11?,13-/m11/s1. The summed E-state index contributed by atoms with van der Waals surface area (Å²) in [5, 5.41) is 21.6. The molecule has 2 aromatic carbocycles. The smallest absolute Gasteiger partial charge is 0.178 e. The summed E-state index contributed by atoms with van der Waals surface area (Å²) in [5.41, 5.74) is 10.6. The zero-order chi connectivity index (χ0) is 44.0. The first-order valence-corrected chi connectivity index (χ1v) is 22.8. The maximum absolute atomic E-state index is 11.8. The third-order valence-electron chi connectivity index (χ3n) is 12.8. The van der Waals surface area contributed by atoms with Crippen molar-refractivity contribution in [3.63, 3.8) is 0 Å². The molecule has 4 aromatic heterocycles. The van der Waals surface area contributed by atoms with Crippen molar-refractivity contribution in [2.75, 3.05) is 13.2 Å². The van der Waals surface area contributed by atoms with Gasteiger partial charge in [0.25, 0.3) is 0 Å². The van der Waals surface area contributed by atoms with E-state index in [0.717, 1.165) is 82.0 Å². The molecule has 6 aromatic rings. The van der Waals surface area contributed by atoms with Gasteiger partial charge in [0, 0.05) is 44.5 Å². The van der Waals surface area contributed by atoms with Gasteiger partial charge in [-0.05, 0) is 119 Å². The van der Waals surface area contributed by atoms with Gasteiger partial charge >= 0.3 is 0 Å². The lowest BCUT2D eigenvalue weighted by Crippen LogP contribution is -2.45. The summed E-state index contributed by atoms with van der Waals surface area (Å²) >= 11 is 25.1. The molecule has 324 valence electrons. The summed E-state index contributed by atoms with van der Waals surface area (Å²) in [6, 6.07) is 11.5. The van der Waals surface area contributed by atoms with Crippen molar-refractivity contribution in [1.82, 2.24) is 44.4 Å². The van der Waals surface area contributed by atoms with E-state index < -0.39 is 0 Å². The Bertz CT molecular complexity index is 2730. The highest BCUT2D eigenvalue weighted by molar-refractivity contribution is 6.35. The molecule has 3 unspecified atom stereocenters. The van der Waals surface area contributed by atoms with Gasteiger partial charge in [0.2, 0.25) is 0 Å². The molecule has 5 heterocycles. The number of likely N-dealkylation sites (tertiary alicyclic amines) is 1. The number of allylic oxidation sites excluding steroid dienone is 3. The normalized spacial score (nSPS) is 21.8. The van der Waals surface area contributed by atoms with Crippen LogP contribution in [0.3, 0.4) is 0 Å². The Morgan fingerprint density at radius 1 is 0.774 bits per heavy atom. The average Bonchev–Trinajstić information content (AvgIpc) is 3.96. The highest BCUT2D eigenvalue weighted by Crippen LogP contribution is 2.38. The molecule has 1 fully saturated rings. The number of aryl methyl sites for hydroxylation is 2. The lowest BCUT2D eigenvalue weighted by Gasteiger charge is -2.38. The number of rotatable bonds is 8. The SMILES string of the molecule is Cc1nn([C@H](C)c2ccc(Cl)cc2Cl)c2nc(C3=CCC(=O)C(C)C3)cnc12.Cc1nn([C@H](C)c2ccc(Cl)cc2Cl)c2nc(C3=CCC(N4CCC[C@H]4CO)C(C)C3)cnc12. The van der Waals surface area contributed by atoms with Crippen molar-refractivity contribution in [2.24, 2.45) is 11.8 Å². The van der Waals surface area contributed by atoms with Crippen molar-refractivity contribution in [3.8, 4) is 0 Å². The van der Waals surface area contributed by atoms with Crippen LogP contribution in [0.2, 0.25) is 20.1 Å². The van der Waals surface area contributed by atoms with Crippen molar-refractivity contribution >= 4 is 85.7 Å². The topological polar surface area (TPSA) is 128 Å². The minimum absolute atomic E-state index is 0.0101. The van der Waals surface area contributed by atoms with Crippen LogP contribution >= 0.6 is 46.4 Å². The maximum Gasteiger partial charge on any atom is 0.178 e. The summed E-state index contributed by atoms with van der Waals surface area (Å²) in [4.78, 5) is 33.6. The number of aliphatic hydroxyl groups excluding tert-OH is 1. The molecular formula is C47H51Cl4N9O2. The fourth-order valence-corrected chi connectivity index (χ4v) is 10.4. The van der Waals surface area contributed by atoms with E-state index in [1.807, 2.05) is 73.6 Å². The molecule has 1 saturated heterocycles. The number of halogens is 4. The number of aliphatic hydroxyl groups is 1. The minimum atomic E-state index is -0.133. The Hall–Kier alpha value is -4.23. The van der Waals surface area contributed by atoms with Gasteiger partial charge in [-0.25, -0.2) is 29.3 Å². The first kappa shape index (κ1) is 44.4. The summed E-state index contributed by atoms with van der Waals surface area (Å²) < 4.78 is 3.77. The molecule has 0 saturated carbocycles. The molecule has 1 N–H and O–H groups in total. The van der Waals surface area contributed by atoms with Gasteiger partial charge in [0.1, 0.15) is 16.8 Å². The Morgan fingerprint density at radius 3 is 1.79 bits per heavy atom. The number of hydrogen-bond donors (Lipinski definition) is 1. The Balaban J connectivity index is 0.000000174. The largest absolute Gasteiger partial charge is 0.395 e. The molecule has 11 nitrogen and oxygen atoms in total. The van der Waals surface area contributed by atoms with E-state index in [1.54, 1.807) is 18.3 Å². The molecule has 0 radical (unpaired) electrons. The Kier molecular flexibility index (Phi) is 13.2. The quantitative estimate of drug-likeness (QED) is 0.159. The Morgan fingerprint density at radius 2 is 1.31 bits per heavy atom. The van der Waals surface area contributed by atoms with Crippen molar-refractivity contribution in [2.45, 2.75) is 104 Å². The molecule has 2 aliphatic carbocycles. The van der Waals surface area contributed by atoms with Gasteiger partial charge in [-0.1, -0.05) is 84.5 Å². The number of aromatic nitrogens is 8. The van der Waals surface area contributed by atoms with E-state index in [9.17, 15) is 9.90 Å². The number of benzene rings is 2. The molecule has 3 aliphatic rings. The number of carbonyl (C=O) groups excluding carboxylic acids is 1. The first-order chi connectivity index (χ1) is 29.7. The zero-order valence-corrected chi connectivity index (χ0v) is 38.8. The highest BCUT2D eigenvalue weighted by Gasteiger charge is 2.35. The van der Waals surface area contributed by atoms with E-state index in [1.165, 1.54) is 12.0 Å². The molecule has 9 rings (SSSR count). The number of hydrogen-bond acceptors (Lipinski definition) is 9. The summed E-state index contributed by atoms with van der Waals surface area (Å²) in [5.74, 6) is 0.767. The predicted octanol–water partition coefficient (Wildman–Crippen LogP) is 11.1. The van der Waals surface area contributed by atoms with Gasteiger partial charge in [-0.3, -0.25) is 9.69 Å². The van der Waals surface area contributed by atoms with E-state index in [-0.39, 0.29) is 30.4 Å². The minimum Gasteiger partial charge on any atom is -0.395 e. The van der Waals surface area contributed by atoms with Crippen LogP contribution in [0.25, 0.3) is 33.5 Å². The summed E-state index contributed by atoms with van der Waals surface area (Å²) in [6.07, 6.45) is 13.3. The maximum atomic E-state index is 11.8. The molecule has 62 heavy (non-hydrogen) atoms. The second-order valence-electron chi connectivity index (χ2n) is 17.0. The van der Waals surface area contributed by atoms with Gasteiger partial charge < -0.3 is 5.11 Å². The molecule has 1 aliphatic heterocycles. The lowest BCUT2D eigenvalue weighted by atomic mass is 9.83. The fraction of sp³-hybridized carbons (Fsp3) is 0.426. The number of ketones is 1. The van der Waals surface area contributed by atoms with E-state index in [4.69, 9.17) is 66.5 Å². The predicted molar refractivity (Wildman–Crippen MR) is 249 cm³/mol.